The van der Waals surface area contributed by atoms with Crippen molar-refractivity contribution in [3.63, 3.8) is 0 Å². The molecule has 0 bridgehead atoms. The molecule has 4 atom stereocenters. The Bertz CT molecular complexity index is 284. The molecule has 0 aliphatic carbocycles. The molecule has 1 aliphatic heterocycles. The summed E-state index contributed by atoms with van der Waals surface area (Å²) in [6, 6.07) is 0.341. The Morgan fingerprint density at radius 1 is 1.41 bits per heavy atom. The van der Waals surface area contributed by atoms with Crippen molar-refractivity contribution in [2.75, 3.05) is 0 Å². The topological polar surface area (TPSA) is 53.9 Å². The van der Waals surface area contributed by atoms with Gasteiger partial charge in [0.1, 0.15) is 0 Å². The highest BCUT2D eigenvalue weighted by molar-refractivity contribution is 5.83. The number of aliphatic hydroxyl groups excluding tert-OH is 1. The first-order valence-electron chi connectivity index (χ1n) is 6.34. The second-order valence-corrected chi connectivity index (χ2v) is 6.06. The summed E-state index contributed by atoms with van der Waals surface area (Å²) in [6.07, 6.45) is 0.0445. The Hall–Kier alpha value is -0.450. The molecule has 0 aromatic carbocycles. The first-order chi connectivity index (χ1) is 7.69. The Balaban J connectivity index is 2.56. The monoisotopic (exact) mass is 242 g/mol. The zero-order valence-electron chi connectivity index (χ0n) is 11.8. The third-order valence-electron chi connectivity index (χ3n) is 2.97. The standard InChI is InChI=1S/C13H26N2O2/c1-8-7-9(2)14-10(3)11(8)15-12(16)17-13(4,5)6/h8,10-12,15-16H,7H2,1-6H3/t8-,10-,11-,12+/m0/s1. The fourth-order valence-corrected chi connectivity index (χ4v) is 2.39. The number of hydrogen-bond donors (Lipinski definition) is 2. The zero-order chi connectivity index (χ0) is 13.2. The molecule has 0 aromatic heterocycles. The first kappa shape index (κ1) is 14.6. The van der Waals surface area contributed by atoms with Gasteiger partial charge in [-0.1, -0.05) is 6.92 Å². The lowest BCUT2D eigenvalue weighted by Crippen LogP contribution is -2.52. The lowest BCUT2D eigenvalue weighted by atomic mass is 9.88. The van der Waals surface area contributed by atoms with Crippen LogP contribution in [0.3, 0.4) is 0 Å². The number of aliphatic imine (C=N–C) groups is 1. The van der Waals surface area contributed by atoms with Crippen LogP contribution >= 0.6 is 0 Å². The highest BCUT2D eigenvalue weighted by Crippen LogP contribution is 2.21. The molecule has 1 heterocycles. The number of nitrogens with one attached hydrogen (secondary N) is 1. The van der Waals surface area contributed by atoms with Gasteiger partial charge in [-0.2, -0.15) is 0 Å². The maximum absolute atomic E-state index is 9.86. The van der Waals surface area contributed by atoms with Gasteiger partial charge in [-0.25, -0.2) is 0 Å². The predicted octanol–water partition coefficient (Wildman–Crippen LogP) is 1.92. The van der Waals surface area contributed by atoms with E-state index in [1.165, 1.54) is 5.71 Å². The van der Waals surface area contributed by atoms with Gasteiger partial charge in [0.05, 0.1) is 11.6 Å². The summed E-state index contributed by atoms with van der Waals surface area (Å²) in [5.41, 5.74) is 0.835. The van der Waals surface area contributed by atoms with E-state index in [4.69, 9.17) is 4.74 Å². The molecule has 0 spiro atoms. The average molecular weight is 242 g/mol. The van der Waals surface area contributed by atoms with E-state index in [0.29, 0.717) is 5.92 Å². The lowest BCUT2D eigenvalue weighted by Gasteiger charge is -2.36. The maximum Gasteiger partial charge on any atom is 0.214 e. The highest BCUT2D eigenvalue weighted by atomic mass is 16.6. The molecule has 0 fully saturated rings. The second kappa shape index (κ2) is 5.46. The second-order valence-electron chi connectivity index (χ2n) is 6.06. The Morgan fingerprint density at radius 3 is 2.47 bits per heavy atom. The summed E-state index contributed by atoms with van der Waals surface area (Å²) in [4.78, 5) is 4.55. The van der Waals surface area contributed by atoms with Crippen LogP contribution in [0.15, 0.2) is 4.99 Å². The largest absolute Gasteiger partial charge is 0.356 e. The molecular formula is C13H26N2O2. The minimum atomic E-state index is -0.932. The number of ether oxygens (including phenoxy) is 1. The van der Waals surface area contributed by atoms with Crippen molar-refractivity contribution in [1.82, 2.24) is 5.32 Å². The summed E-state index contributed by atoms with van der Waals surface area (Å²) in [7, 11) is 0. The first-order valence-corrected chi connectivity index (χ1v) is 6.34. The summed E-state index contributed by atoms with van der Waals surface area (Å²) in [5, 5.41) is 13.0. The van der Waals surface area contributed by atoms with E-state index in [1.54, 1.807) is 0 Å². The Kier molecular flexibility index (Phi) is 4.69. The van der Waals surface area contributed by atoms with E-state index in [2.05, 4.69) is 31.1 Å². The highest BCUT2D eigenvalue weighted by Gasteiger charge is 2.30. The number of hydrogen-bond acceptors (Lipinski definition) is 4. The van der Waals surface area contributed by atoms with Crippen LogP contribution in [0, 0.1) is 5.92 Å². The summed E-state index contributed by atoms with van der Waals surface area (Å²) in [5.74, 6) is 0.459. The normalized spacial score (nSPS) is 32.2. The van der Waals surface area contributed by atoms with Gasteiger partial charge >= 0.3 is 0 Å². The number of aliphatic hydroxyl groups is 1. The van der Waals surface area contributed by atoms with Crippen molar-refractivity contribution in [3.05, 3.63) is 0 Å². The minimum absolute atomic E-state index is 0.163. The molecule has 1 rings (SSSR count). The Morgan fingerprint density at radius 2 is 2.00 bits per heavy atom. The summed E-state index contributed by atoms with van der Waals surface area (Å²) < 4.78 is 5.46. The van der Waals surface area contributed by atoms with Crippen LogP contribution in [0.5, 0.6) is 0 Å². The van der Waals surface area contributed by atoms with E-state index >= 15 is 0 Å². The van der Waals surface area contributed by atoms with Crippen molar-refractivity contribution < 1.29 is 9.84 Å². The molecule has 4 nitrogen and oxygen atoms in total. The predicted molar refractivity (Wildman–Crippen MR) is 70.1 cm³/mol. The third-order valence-corrected chi connectivity index (χ3v) is 2.97. The van der Waals surface area contributed by atoms with Gasteiger partial charge in [0, 0.05) is 11.8 Å². The molecule has 0 amide bonds. The van der Waals surface area contributed by atoms with E-state index in [0.717, 1.165) is 6.42 Å². The fourth-order valence-electron chi connectivity index (χ4n) is 2.39. The minimum Gasteiger partial charge on any atom is -0.356 e. The molecule has 17 heavy (non-hydrogen) atoms. The van der Waals surface area contributed by atoms with Crippen LogP contribution in [-0.4, -0.2) is 34.9 Å². The van der Waals surface area contributed by atoms with Gasteiger partial charge in [-0.15, -0.1) is 0 Å². The van der Waals surface area contributed by atoms with Crippen LogP contribution in [0.1, 0.15) is 48.0 Å². The molecule has 4 heteroatoms. The van der Waals surface area contributed by atoms with Crippen molar-refractivity contribution in [1.29, 1.82) is 0 Å². The number of rotatable bonds is 3. The molecule has 1 aliphatic rings. The molecular weight excluding hydrogens is 216 g/mol. The van der Waals surface area contributed by atoms with E-state index < -0.39 is 6.41 Å². The lowest BCUT2D eigenvalue weighted by molar-refractivity contribution is -0.188. The van der Waals surface area contributed by atoms with E-state index in [1.807, 2.05) is 20.8 Å². The average Bonchev–Trinajstić information content (AvgIpc) is 2.08. The smallest absolute Gasteiger partial charge is 0.214 e. The van der Waals surface area contributed by atoms with Crippen LogP contribution in [0.4, 0.5) is 0 Å². The van der Waals surface area contributed by atoms with Crippen molar-refractivity contribution in [3.8, 4) is 0 Å². The van der Waals surface area contributed by atoms with Gasteiger partial charge in [-0.3, -0.25) is 10.3 Å². The maximum atomic E-state index is 9.86. The molecule has 0 aromatic rings. The van der Waals surface area contributed by atoms with Gasteiger partial charge in [-0.05, 0) is 47.0 Å². The number of nitrogens with zero attached hydrogens (tertiary/aromatic N) is 1. The summed E-state index contributed by atoms with van der Waals surface area (Å²) in [6.45, 7) is 12.1. The summed E-state index contributed by atoms with van der Waals surface area (Å²) >= 11 is 0. The van der Waals surface area contributed by atoms with Crippen LogP contribution in [-0.2, 0) is 4.74 Å². The zero-order valence-corrected chi connectivity index (χ0v) is 11.8. The van der Waals surface area contributed by atoms with Gasteiger partial charge in [0.25, 0.3) is 0 Å². The van der Waals surface area contributed by atoms with Crippen LogP contribution < -0.4 is 5.32 Å². The van der Waals surface area contributed by atoms with Crippen LogP contribution in [0.2, 0.25) is 0 Å². The third kappa shape index (κ3) is 4.74. The molecule has 0 saturated heterocycles. The fraction of sp³-hybridized carbons (Fsp3) is 0.923. The van der Waals surface area contributed by atoms with Gasteiger partial charge in [0.15, 0.2) is 0 Å². The quantitative estimate of drug-likeness (QED) is 0.743. The van der Waals surface area contributed by atoms with Crippen molar-refractivity contribution in [2.24, 2.45) is 10.9 Å². The van der Waals surface area contributed by atoms with E-state index in [9.17, 15) is 5.11 Å². The van der Waals surface area contributed by atoms with Crippen molar-refractivity contribution >= 4 is 5.71 Å². The molecule has 100 valence electrons. The molecule has 0 unspecified atom stereocenters. The molecule has 0 radical (unpaired) electrons. The SMILES string of the molecule is CC1=N[C@@H](C)[C@@H](N[C@H](O)OC(C)(C)C)[C@@H](C)C1. The Labute approximate surface area is 104 Å². The molecule has 2 N–H and O–H groups in total. The van der Waals surface area contributed by atoms with Gasteiger partial charge in [0.2, 0.25) is 6.41 Å². The molecule has 0 saturated carbocycles. The van der Waals surface area contributed by atoms with E-state index in [-0.39, 0.29) is 17.7 Å². The van der Waals surface area contributed by atoms with Gasteiger partial charge < -0.3 is 9.84 Å². The van der Waals surface area contributed by atoms with Crippen LogP contribution in [0.25, 0.3) is 0 Å². The van der Waals surface area contributed by atoms with Crippen molar-refractivity contribution in [2.45, 2.75) is 72.1 Å².